The van der Waals surface area contributed by atoms with Crippen LogP contribution in [-0.4, -0.2) is 233 Å². The first-order valence-corrected chi connectivity index (χ1v) is 31.9. The molecule has 2 N–H and O–H groups in total. The van der Waals surface area contributed by atoms with Gasteiger partial charge >= 0.3 is 11.9 Å². The molecular weight excluding hydrogens is 1200 g/mol. The van der Waals surface area contributed by atoms with Crippen molar-refractivity contribution in [2.75, 3.05) is 185 Å². The number of nitrogens with one attached hydrogen (secondary N) is 1. The lowest BCUT2D eigenvalue weighted by Gasteiger charge is -2.16. The van der Waals surface area contributed by atoms with Crippen molar-refractivity contribution in [1.29, 1.82) is 0 Å². The van der Waals surface area contributed by atoms with Crippen LogP contribution in [-0.2, 0) is 92.7 Å². The minimum absolute atomic E-state index is 0.00657. The molecule has 3 amide bonds. The minimum atomic E-state index is -4.32. The van der Waals surface area contributed by atoms with Crippen molar-refractivity contribution in [1.82, 2.24) is 10.4 Å². The number of carbonyl (C=O) groups excluding carboxylic acids is 5. The fraction of sp³-hybridized carbons (Fsp3) is 0.613. The van der Waals surface area contributed by atoms with Gasteiger partial charge in [-0.1, -0.05) is 6.42 Å². The maximum absolute atomic E-state index is 15.0. The molecule has 3 aromatic carbocycles. The highest BCUT2D eigenvalue weighted by molar-refractivity contribution is 7.85. The van der Waals surface area contributed by atoms with Gasteiger partial charge in [-0.2, -0.15) is 13.0 Å². The molecule has 0 atom stereocenters. The van der Waals surface area contributed by atoms with E-state index in [2.05, 4.69) is 5.32 Å². The lowest BCUT2D eigenvalue weighted by molar-refractivity contribution is -0.645. The minimum Gasteiger partial charge on any atom is -0.491 e. The lowest BCUT2D eigenvalue weighted by Crippen LogP contribution is -2.37. The number of aromatic nitrogens is 1. The van der Waals surface area contributed by atoms with Gasteiger partial charge in [0.05, 0.1) is 167 Å². The largest absolute Gasteiger partial charge is 0.491 e. The Balaban J connectivity index is 1.23. The van der Waals surface area contributed by atoms with Gasteiger partial charge in [0.1, 0.15) is 30.5 Å². The Morgan fingerprint density at radius 2 is 0.933 bits per heavy atom. The Morgan fingerprint density at radius 1 is 0.533 bits per heavy atom. The highest BCUT2D eigenvalue weighted by atomic mass is 32.2. The Hall–Kier alpha value is -6.09. The van der Waals surface area contributed by atoms with Crippen LogP contribution in [0.2, 0.25) is 0 Å². The number of unbranched alkanes of at least 4 members (excludes halogenated alkanes) is 2. The number of hydrogen-bond donors (Lipinski definition) is 2. The van der Waals surface area contributed by atoms with E-state index in [4.69, 9.17) is 75.9 Å². The average molecular weight is 1290 g/mol. The summed E-state index contributed by atoms with van der Waals surface area (Å²) >= 11 is 0. The summed E-state index contributed by atoms with van der Waals surface area (Å²) in [6.07, 6.45) is 1.54. The Morgan fingerprint density at radius 3 is 1.33 bits per heavy atom. The van der Waals surface area contributed by atoms with Crippen molar-refractivity contribution in [3.8, 4) is 17.2 Å². The van der Waals surface area contributed by atoms with Crippen molar-refractivity contribution in [3.05, 3.63) is 70.8 Å². The van der Waals surface area contributed by atoms with E-state index in [1.807, 2.05) is 4.57 Å². The zero-order chi connectivity index (χ0) is 64.6. The summed E-state index contributed by atoms with van der Waals surface area (Å²) in [5.41, 5.74) is 2.50. The van der Waals surface area contributed by atoms with Crippen LogP contribution in [0, 0.1) is 13.8 Å². The van der Waals surface area contributed by atoms with Gasteiger partial charge in [-0.3, -0.25) is 18.9 Å². The van der Waals surface area contributed by atoms with E-state index in [9.17, 15) is 32.1 Å². The van der Waals surface area contributed by atoms with Crippen LogP contribution in [0.15, 0.2) is 48.5 Å². The number of methoxy groups -OCH3 is 2. The second-order valence-corrected chi connectivity index (χ2v) is 21.8. The number of fused-ring (bicyclic) bond motifs is 2. The topological polar surface area (TPSA) is 307 Å². The van der Waals surface area contributed by atoms with Crippen LogP contribution >= 0.6 is 0 Å². The fourth-order valence-corrected chi connectivity index (χ4v) is 9.47. The van der Waals surface area contributed by atoms with Gasteiger partial charge in [-0.15, -0.1) is 5.06 Å². The summed E-state index contributed by atoms with van der Waals surface area (Å²) in [6, 6.07) is 13.6. The summed E-state index contributed by atoms with van der Waals surface area (Å²) in [6.45, 7) is 13.1. The lowest BCUT2D eigenvalue weighted by atomic mass is 10.0. The average Bonchev–Trinajstić information content (AvgIpc) is 0.856. The highest BCUT2D eigenvalue weighted by Crippen LogP contribution is 2.34. The zero-order valence-electron chi connectivity index (χ0n) is 52.3. The number of imide groups is 1. The molecule has 27 nitrogen and oxygen atoms in total. The van der Waals surface area contributed by atoms with Crippen LogP contribution in [0.4, 0.5) is 0 Å². The summed E-state index contributed by atoms with van der Waals surface area (Å²) in [4.78, 5) is 69.1. The van der Waals surface area contributed by atoms with Crippen molar-refractivity contribution in [3.63, 3.8) is 0 Å². The number of carbonyl (C=O) groups is 5. The van der Waals surface area contributed by atoms with Gasteiger partial charge in [-0.05, 0) is 74.2 Å². The molecule has 1 aliphatic heterocycles. The first-order valence-electron chi connectivity index (χ1n) is 30.3. The second-order valence-electron chi connectivity index (χ2n) is 20.3. The first-order chi connectivity index (χ1) is 43.7. The van der Waals surface area contributed by atoms with Crippen molar-refractivity contribution in [2.45, 2.75) is 65.3 Å². The molecule has 1 fully saturated rings. The third-order valence-corrected chi connectivity index (χ3v) is 14.1. The van der Waals surface area contributed by atoms with E-state index in [0.717, 1.165) is 0 Å². The molecule has 502 valence electrons. The molecule has 4 aromatic rings. The number of rotatable bonds is 52. The summed E-state index contributed by atoms with van der Waals surface area (Å²) < 4.78 is 120. The first kappa shape index (κ1) is 74.6. The third-order valence-electron chi connectivity index (χ3n) is 13.3. The van der Waals surface area contributed by atoms with Crippen LogP contribution in [0.25, 0.3) is 21.8 Å². The number of aryl methyl sites for hydroxylation is 3. The molecule has 0 aliphatic carbocycles. The molecular formula is C62H90N3O24S+. The predicted octanol–water partition coefficient (Wildman–Crippen LogP) is 4.51. The molecule has 0 unspecified atom stereocenters. The van der Waals surface area contributed by atoms with E-state index in [-0.39, 0.29) is 75.9 Å². The van der Waals surface area contributed by atoms with E-state index >= 15 is 4.79 Å². The maximum Gasteiger partial charge on any atom is 0.345 e. The van der Waals surface area contributed by atoms with Gasteiger partial charge in [0, 0.05) is 64.1 Å². The normalized spacial score (nSPS) is 12.6. The number of pyridine rings is 1. The van der Waals surface area contributed by atoms with Crippen molar-refractivity contribution in [2.24, 2.45) is 0 Å². The van der Waals surface area contributed by atoms with Gasteiger partial charge in [-0.25, -0.2) is 9.59 Å². The number of nitrogens with zero attached hydrogens (tertiary/aromatic N) is 2. The number of amides is 3. The smallest absolute Gasteiger partial charge is 0.345 e. The van der Waals surface area contributed by atoms with Crippen LogP contribution in [0.5, 0.6) is 17.2 Å². The molecule has 90 heavy (non-hydrogen) atoms. The summed E-state index contributed by atoms with van der Waals surface area (Å²) in [5, 5.41) is 4.19. The van der Waals surface area contributed by atoms with Crippen LogP contribution in [0.1, 0.15) is 76.8 Å². The summed E-state index contributed by atoms with van der Waals surface area (Å²) in [5.74, 6) is -2.42. The van der Waals surface area contributed by atoms with Gasteiger partial charge in [0.2, 0.25) is 11.0 Å². The van der Waals surface area contributed by atoms with Gasteiger partial charge in [0.25, 0.3) is 27.8 Å². The van der Waals surface area contributed by atoms with Crippen molar-refractivity contribution < 1.29 is 117 Å². The highest BCUT2D eigenvalue weighted by Gasteiger charge is 2.33. The quantitative estimate of drug-likeness (QED) is 0.0117. The molecule has 0 radical (unpaired) electrons. The second kappa shape index (κ2) is 43.6. The van der Waals surface area contributed by atoms with E-state index < -0.39 is 39.6 Å². The molecule has 1 aliphatic rings. The van der Waals surface area contributed by atoms with Crippen molar-refractivity contribution >= 4 is 61.6 Å². The predicted molar refractivity (Wildman–Crippen MR) is 324 cm³/mol. The molecule has 0 bridgehead atoms. The Bertz CT molecular complexity index is 2790. The maximum atomic E-state index is 15.0. The molecule has 1 aromatic heterocycles. The van der Waals surface area contributed by atoms with E-state index in [1.54, 1.807) is 76.6 Å². The number of hydrogen-bond acceptors (Lipinski definition) is 23. The monoisotopic (exact) mass is 1290 g/mol. The van der Waals surface area contributed by atoms with Gasteiger partial charge in [0.15, 0.2) is 6.54 Å². The fourth-order valence-electron chi connectivity index (χ4n) is 8.97. The standard InChI is InChI=1S/C62H89N3O24S/c1-47-43-49(61(69)63-16-7-5-6-9-58(68)89-65-56(66)14-15-57(65)67)44-48(2)60(47)88-62(70)59-52-45-50(86-40-38-84-36-34-82-32-30-80-28-26-78-24-22-76-20-18-74-3)10-12-54(52)64(17-8-42-90(71,72)73)55-13-11-51(46-53(55)59)87-41-39-85-37-35-83-33-31-81-29-27-79-25-23-77-21-19-75-4/h10-13,43-46H,5-9,14-42H2,1-4H3,(H-,63,69,71,72,73)/p+1. The number of hydroxylamine groups is 2. The molecule has 0 saturated carbocycles. The molecule has 0 spiro atoms. The van der Waals surface area contributed by atoms with Gasteiger partial charge < -0.3 is 81.2 Å². The molecule has 2 heterocycles. The Labute approximate surface area is 525 Å². The number of ether oxygens (including phenoxy) is 15. The van der Waals surface area contributed by atoms with Crippen LogP contribution < -0.4 is 24.1 Å². The van der Waals surface area contributed by atoms with E-state index in [0.29, 0.717) is 213 Å². The molecule has 5 rings (SSSR count). The summed E-state index contributed by atoms with van der Waals surface area (Å²) in [7, 11) is -1.09. The SMILES string of the molecule is COCCOCCOCCOCCOCCOCCOc1ccc2c(c1)c(C(=O)Oc1c(C)cc(C(=O)NCCCCCC(=O)ON3C(=O)CCC3=O)cc1C)c1cc(OCCOCCOCCOCCOCCOCCOC)ccc1[n+]2CCCS(=O)(=O)O. The molecule has 1 saturated heterocycles. The number of benzene rings is 3. The third kappa shape index (κ3) is 28.6. The zero-order valence-corrected chi connectivity index (χ0v) is 53.1. The van der Waals surface area contributed by atoms with E-state index in [1.165, 1.54) is 0 Å². The Kier molecular flexibility index (Phi) is 36.2. The number of esters is 1. The van der Waals surface area contributed by atoms with Crippen LogP contribution in [0.3, 0.4) is 0 Å². The molecule has 28 heteroatoms.